The van der Waals surface area contributed by atoms with Gasteiger partial charge in [-0.25, -0.2) is 4.39 Å². The van der Waals surface area contributed by atoms with Gasteiger partial charge in [0.15, 0.2) is 0 Å². The number of anilines is 1. The largest absolute Gasteiger partial charge is 0.375 e. The summed E-state index contributed by atoms with van der Waals surface area (Å²) in [5.41, 5.74) is 5.26. The third-order valence-electron chi connectivity index (χ3n) is 7.70. The molecular formula is C27H32FN3O. The molecule has 0 atom stereocenters. The summed E-state index contributed by atoms with van der Waals surface area (Å²) in [5.74, 6) is 0.362. The molecule has 1 saturated carbocycles. The van der Waals surface area contributed by atoms with Crippen molar-refractivity contribution in [1.29, 1.82) is 0 Å². The number of H-pyrrole nitrogens is 1. The van der Waals surface area contributed by atoms with Crippen LogP contribution < -0.4 is 4.90 Å². The molecule has 3 aromatic rings. The minimum atomic E-state index is -0.290. The Morgan fingerprint density at radius 3 is 2.62 bits per heavy atom. The number of hydrogen-bond acceptors (Lipinski definition) is 2. The van der Waals surface area contributed by atoms with Crippen LogP contribution in [0, 0.1) is 5.82 Å². The van der Waals surface area contributed by atoms with Crippen LogP contribution in [0.5, 0.6) is 0 Å². The number of carbonyl (C=O) groups excluding carboxylic acids is 1. The quantitative estimate of drug-likeness (QED) is 0.574. The van der Waals surface area contributed by atoms with E-state index in [1.54, 1.807) is 6.07 Å². The van der Waals surface area contributed by atoms with E-state index < -0.39 is 0 Å². The summed E-state index contributed by atoms with van der Waals surface area (Å²) in [7, 11) is 3.82. The van der Waals surface area contributed by atoms with Crippen molar-refractivity contribution in [1.82, 2.24) is 9.88 Å². The minimum absolute atomic E-state index is 0.161. The number of amides is 1. The zero-order valence-electron chi connectivity index (χ0n) is 19.2. The zero-order chi connectivity index (χ0) is 22.5. The number of aromatic nitrogens is 1. The van der Waals surface area contributed by atoms with Crippen LogP contribution in [0.4, 0.5) is 10.1 Å². The maximum absolute atomic E-state index is 14.6. The first kappa shape index (κ1) is 21.0. The predicted molar refractivity (Wildman–Crippen MR) is 128 cm³/mol. The number of para-hydroxylation sites is 2. The molecule has 1 amide bonds. The number of benzene rings is 2. The Bertz CT molecular complexity index is 1160. The summed E-state index contributed by atoms with van der Waals surface area (Å²) in [6, 6.07) is 13.9. The van der Waals surface area contributed by atoms with E-state index in [1.807, 2.05) is 32.0 Å². The molecule has 1 aliphatic heterocycles. The molecule has 1 fully saturated rings. The van der Waals surface area contributed by atoms with E-state index in [-0.39, 0.29) is 17.3 Å². The van der Waals surface area contributed by atoms with Gasteiger partial charge in [-0.1, -0.05) is 37.3 Å². The molecule has 0 saturated heterocycles. The second-order valence-electron chi connectivity index (χ2n) is 9.55. The van der Waals surface area contributed by atoms with Crippen molar-refractivity contribution < 1.29 is 9.18 Å². The number of nitrogens with zero attached hydrogens (tertiary/aromatic N) is 2. The fourth-order valence-electron chi connectivity index (χ4n) is 6.24. The monoisotopic (exact) mass is 433 g/mol. The second-order valence-corrected chi connectivity index (χ2v) is 9.55. The van der Waals surface area contributed by atoms with Gasteiger partial charge in [-0.3, -0.25) is 4.79 Å². The van der Waals surface area contributed by atoms with Gasteiger partial charge < -0.3 is 14.8 Å². The van der Waals surface area contributed by atoms with E-state index in [9.17, 15) is 9.18 Å². The molecule has 0 bridgehead atoms. The highest BCUT2D eigenvalue weighted by Crippen LogP contribution is 2.51. The first-order valence-corrected chi connectivity index (χ1v) is 11.8. The fraction of sp³-hybridized carbons (Fsp3) is 0.444. The Morgan fingerprint density at radius 2 is 1.91 bits per heavy atom. The van der Waals surface area contributed by atoms with Crippen molar-refractivity contribution in [2.45, 2.75) is 56.9 Å². The van der Waals surface area contributed by atoms with Gasteiger partial charge in [0.2, 0.25) is 5.91 Å². The van der Waals surface area contributed by atoms with Crippen LogP contribution in [-0.4, -0.2) is 36.4 Å². The summed E-state index contributed by atoms with van der Waals surface area (Å²) in [5, 5.41) is 1.28. The summed E-state index contributed by atoms with van der Waals surface area (Å²) in [6.45, 7) is 2.73. The van der Waals surface area contributed by atoms with E-state index in [1.165, 1.54) is 16.6 Å². The molecule has 5 heteroatoms. The summed E-state index contributed by atoms with van der Waals surface area (Å²) < 4.78 is 14.6. The highest BCUT2D eigenvalue weighted by molar-refractivity contribution is 5.86. The number of halogens is 1. The van der Waals surface area contributed by atoms with Crippen LogP contribution >= 0.6 is 0 Å². The van der Waals surface area contributed by atoms with Gasteiger partial charge >= 0.3 is 0 Å². The third-order valence-corrected chi connectivity index (χ3v) is 7.70. The van der Waals surface area contributed by atoms with E-state index in [0.29, 0.717) is 18.0 Å². The molecule has 5 rings (SSSR count). The number of aromatic amines is 1. The van der Waals surface area contributed by atoms with Crippen molar-refractivity contribution in [3.05, 3.63) is 65.1 Å². The van der Waals surface area contributed by atoms with Crippen LogP contribution in [0.2, 0.25) is 0 Å². The van der Waals surface area contributed by atoms with Crippen LogP contribution in [0.25, 0.3) is 10.9 Å². The molecule has 1 aromatic heterocycles. The van der Waals surface area contributed by atoms with Crippen molar-refractivity contribution in [3.8, 4) is 0 Å². The Labute approximate surface area is 189 Å². The highest BCUT2D eigenvalue weighted by Gasteiger charge is 2.48. The molecule has 168 valence electrons. The first-order valence-electron chi connectivity index (χ1n) is 11.8. The topological polar surface area (TPSA) is 39.3 Å². The lowest BCUT2D eigenvalue weighted by atomic mass is 9.69. The smallest absolute Gasteiger partial charge is 0.223 e. The normalized spacial score (nSPS) is 22.9. The predicted octanol–water partition coefficient (Wildman–Crippen LogP) is 5.72. The molecule has 2 aliphatic rings. The Morgan fingerprint density at radius 1 is 1.16 bits per heavy atom. The molecule has 1 spiro atoms. The van der Waals surface area contributed by atoms with Gasteiger partial charge in [0.1, 0.15) is 5.82 Å². The molecule has 1 N–H and O–H groups in total. The molecule has 4 nitrogen and oxygen atoms in total. The van der Waals surface area contributed by atoms with E-state index in [0.717, 1.165) is 49.7 Å². The number of fused-ring (bicyclic) bond motifs is 4. The number of rotatable bonds is 3. The SMILES string of the molecule is CCC(=O)N1CCc2c([nH]c3ccccc23)C12CCC(c1cccc(F)c1N(C)C)CC2. The second kappa shape index (κ2) is 7.95. The van der Waals surface area contributed by atoms with E-state index in [2.05, 4.69) is 40.2 Å². The molecule has 2 aromatic carbocycles. The average Bonchev–Trinajstić information content (AvgIpc) is 3.19. The lowest BCUT2D eigenvalue weighted by molar-refractivity contribution is -0.140. The van der Waals surface area contributed by atoms with Crippen LogP contribution in [0.3, 0.4) is 0 Å². The molecule has 0 radical (unpaired) electrons. The molecule has 1 aliphatic carbocycles. The third kappa shape index (κ3) is 3.13. The van der Waals surface area contributed by atoms with E-state index in [4.69, 9.17) is 0 Å². The molecule has 0 unspecified atom stereocenters. The maximum atomic E-state index is 14.6. The highest BCUT2D eigenvalue weighted by atomic mass is 19.1. The van der Waals surface area contributed by atoms with E-state index >= 15 is 0 Å². The van der Waals surface area contributed by atoms with Gasteiger partial charge in [0.25, 0.3) is 0 Å². The van der Waals surface area contributed by atoms with Crippen molar-refractivity contribution in [3.63, 3.8) is 0 Å². The lowest BCUT2D eigenvalue weighted by Gasteiger charge is -2.51. The summed E-state index contributed by atoms with van der Waals surface area (Å²) in [4.78, 5) is 20.8. The fourth-order valence-corrected chi connectivity index (χ4v) is 6.24. The Hall–Kier alpha value is -2.82. The van der Waals surface area contributed by atoms with Gasteiger partial charge in [0.05, 0.1) is 11.2 Å². The first-order chi connectivity index (χ1) is 15.5. The molecule has 32 heavy (non-hydrogen) atoms. The lowest BCUT2D eigenvalue weighted by Crippen LogP contribution is -2.54. The van der Waals surface area contributed by atoms with Crippen LogP contribution in [-0.2, 0) is 16.8 Å². The van der Waals surface area contributed by atoms with Crippen molar-refractivity contribution in [2.75, 3.05) is 25.5 Å². The Kier molecular flexibility index (Phi) is 5.23. The van der Waals surface area contributed by atoms with Gasteiger partial charge in [0, 0.05) is 43.7 Å². The van der Waals surface area contributed by atoms with Crippen molar-refractivity contribution >= 4 is 22.5 Å². The zero-order valence-corrected chi connectivity index (χ0v) is 19.2. The number of hydrogen-bond donors (Lipinski definition) is 1. The van der Waals surface area contributed by atoms with Crippen molar-refractivity contribution in [2.24, 2.45) is 0 Å². The van der Waals surface area contributed by atoms with Crippen LogP contribution in [0.15, 0.2) is 42.5 Å². The summed E-state index contributed by atoms with van der Waals surface area (Å²) in [6.07, 6.45) is 5.08. The average molecular weight is 434 g/mol. The summed E-state index contributed by atoms with van der Waals surface area (Å²) >= 11 is 0. The number of nitrogens with one attached hydrogen (secondary N) is 1. The minimum Gasteiger partial charge on any atom is -0.375 e. The molecular weight excluding hydrogens is 401 g/mol. The standard InChI is InChI=1S/C27H32FN3O/c1-4-24(32)31-17-14-21-20-8-5-6-11-23(20)29-26(21)27(31)15-12-18(13-16-27)19-9-7-10-22(28)25(19)30(2)3/h5-11,18,29H,4,12-17H2,1-3H3. The van der Waals surface area contributed by atoms with Crippen LogP contribution in [0.1, 0.15) is 61.8 Å². The van der Waals surface area contributed by atoms with Gasteiger partial charge in [-0.05, 0) is 61.3 Å². The molecule has 2 heterocycles. The number of carbonyl (C=O) groups is 1. The van der Waals surface area contributed by atoms with Gasteiger partial charge in [-0.2, -0.15) is 0 Å². The van der Waals surface area contributed by atoms with Gasteiger partial charge in [-0.15, -0.1) is 0 Å². The Balaban J connectivity index is 1.55. The maximum Gasteiger partial charge on any atom is 0.223 e.